The first-order valence-electron chi connectivity index (χ1n) is 5.15. The van der Waals surface area contributed by atoms with Gasteiger partial charge in [-0.1, -0.05) is 12.8 Å². The molecular weight excluding hydrogens is 186 g/mol. The van der Waals surface area contributed by atoms with Crippen LogP contribution >= 0.6 is 12.4 Å². The molecule has 2 fully saturated rings. The largest absolute Gasteiger partial charge is 0.353 e. The van der Waals surface area contributed by atoms with E-state index in [-0.39, 0.29) is 18.3 Å². The van der Waals surface area contributed by atoms with Gasteiger partial charge in [-0.05, 0) is 31.6 Å². The van der Waals surface area contributed by atoms with Crippen LogP contribution in [0.2, 0.25) is 0 Å². The monoisotopic (exact) mass is 203 g/mol. The van der Waals surface area contributed by atoms with E-state index in [0.717, 1.165) is 18.8 Å². The highest BCUT2D eigenvalue weighted by Gasteiger charge is 2.28. The van der Waals surface area contributed by atoms with Crippen LogP contribution in [-0.2, 0) is 4.79 Å². The lowest BCUT2D eigenvalue weighted by atomic mass is 9.82. The maximum absolute atomic E-state index is 11.2. The van der Waals surface area contributed by atoms with Gasteiger partial charge in [0.05, 0.1) is 0 Å². The highest BCUT2D eigenvalue weighted by molar-refractivity contribution is 5.85. The minimum atomic E-state index is 0. The third-order valence-corrected chi connectivity index (χ3v) is 3.23. The lowest BCUT2D eigenvalue weighted by Gasteiger charge is -2.29. The van der Waals surface area contributed by atoms with Gasteiger partial charge in [-0.25, -0.2) is 0 Å². The molecule has 2 rings (SSSR count). The molecule has 0 aromatic rings. The molecule has 1 N–H and O–H groups in total. The Hall–Kier alpha value is -0.240. The molecule has 0 aromatic heterocycles. The fraction of sp³-hybridized carbons (Fsp3) is 0.900. The topological polar surface area (TPSA) is 29.1 Å². The number of fused-ring (bicyclic) bond motifs is 1. The Morgan fingerprint density at radius 2 is 1.77 bits per heavy atom. The van der Waals surface area contributed by atoms with Crippen molar-refractivity contribution in [2.75, 3.05) is 0 Å². The van der Waals surface area contributed by atoms with Gasteiger partial charge in [0, 0.05) is 12.5 Å². The summed E-state index contributed by atoms with van der Waals surface area (Å²) in [6.07, 6.45) is 8.36. The molecule has 2 unspecified atom stereocenters. The lowest BCUT2D eigenvalue weighted by molar-refractivity contribution is -0.121. The maximum atomic E-state index is 11.2. The molecule has 1 heterocycles. The van der Waals surface area contributed by atoms with Crippen LogP contribution in [-0.4, -0.2) is 11.9 Å². The summed E-state index contributed by atoms with van der Waals surface area (Å²) < 4.78 is 0. The zero-order chi connectivity index (χ0) is 8.39. The van der Waals surface area contributed by atoms with Crippen LogP contribution in [0.25, 0.3) is 0 Å². The minimum absolute atomic E-state index is 0. The first-order valence-corrected chi connectivity index (χ1v) is 5.15. The Morgan fingerprint density at radius 1 is 1.08 bits per heavy atom. The van der Waals surface area contributed by atoms with E-state index in [0.29, 0.717) is 6.04 Å². The second-order valence-electron chi connectivity index (χ2n) is 4.11. The van der Waals surface area contributed by atoms with Crippen LogP contribution in [0.5, 0.6) is 0 Å². The van der Waals surface area contributed by atoms with E-state index >= 15 is 0 Å². The molecular formula is C10H18ClNO. The SMILES string of the molecule is Cl.O=C1CCCC2CCCCC2N1. The Labute approximate surface area is 85.9 Å². The fourth-order valence-corrected chi connectivity index (χ4v) is 2.55. The van der Waals surface area contributed by atoms with Gasteiger partial charge >= 0.3 is 0 Å². The maximum Gasteiger partial charge on any atom is 0.220 e. The summed E-state index contributed by atoms with van der Waals surface area (Å²) in [5, 5.41) is 3.14. The molecule has 0 spiro atoms. The van der Waals surface area contributed by atoms with Crippen LogP contribution in [0.4, 0.5) is 0 Å². The summed E-state index contributed by atoms with van der Waals surface area (Å²) in [5.41, 5.74) is 0. The number of rotatable bonds is 0. The third-order valence-electron chi connectivity index (χ3n) is 3.23. The van der Waals surface area contributed by atoms with Crippen molar-refractivity contribution in [1.29, 1.82) is 0 Å². The van der Waals surface area contributed by atoms with E-state index in [1.807, 2.05) is 0 Å². The summed E-state index contributed by atoms with van der Waals surface area (Å²) in [7, 11) is 0. The molecule has 2 nitrogen and oxygen atoms in total. The molecule has 0 bridgehead atoms. The zero-order valence-corrected chi connectivity index (χ0v) is 8.74. The van der Waals surface area contributed by atoms with E-state index < -0.39 is 0 Å². The fourth-order valence-electron chi connectivity index (χ4n) is 2.55. The molecule has 76 valence electrons. The van der Waals surface area contributed by atoms with Crippen LogP contribution in [0.1, 0.15) is 44.9 Å². The van der Waals surface area contributed by atoms with Crippen molar-refractivity contribution in [1.82, 2.24) is 5.32 Å². The van der Waals surface area contributed by atoms with E-state index in [1.165, 1.54) is 32.1 Å². The number of amides is 1. The molecule has 1 aliphatic carbocycles. The van der Waals surface area contributed by atoms with E-state index in [1.54, 1.807) is 0 Å². The summed E-state index contributed by atoms with van der Waals surface area (Å²) in [4.78, 5) is 11.2. The molecule has 1 amide bonds. The van der Waals surface area contributed by atoms with Gasteiger partial charge in [0.2, 0.25) is 5.91 Å². The van der Waals surface area contributed by atoms with Crippen molar-refractivity contribution in [3.63, 3.8) is 0 Å². The Morgan fingerprint density at radius 3 is 2.62 bits per heavy atom. The predicted octanol–water partition coefficient (Wildman–Crippen LogP) is 2.27. The van der Waals surface area contributed by atoms with Gasteiger partial charge in [-0.3, -0.25) is 4.79 Å². The Balaban J connectivity index is 0.000000845. The average molecular weight is 204 g/mol. The van der Waals surface area contributed by atoms with Crippen LogP contribution in [0.15, 0.2) is 0 Å². The third kappa shape index (κ3) is 2.60. The van der Waals surface area contributed by atoms with Crippen molar-refractivity contribution >= 4 is 18.3 Å². The van der Waals surface area contributed by atoms with Crippen molar-refractivity contribution in [3.05, 3.63) is 0 Å². The lowest BCUT2D eigenvalue weighted by Crippen LogP contribution is -2.39. The molecule has 1 saturated heterocycles. The smallest absolute Gasteiger partial charge is 0.220 e. The zero-order valence-electron chi connectivity index (χ0n) is 7.92. The summed E-state index contributed by atoms with van der Waals surface area (Å²) >= 11 is 0. The molecule has 1 aliphatic heterocycles. The quantitative estimate of drug-likeness (QED) is 0.643. The molecule has 2 aliphatic rings. The molecule has 0 radical (unpaired) electrons. The molecule has 1 saturated carbocycles. The number of hydrogen-bond donors (Lipinski definition) is 1. The van der Waals surface area contributed by atoms with E-state index in [2.05, 4.69) is 5.32 Å². The number of carbonyl (C=O) groups excluding carboxylic acids is 1. The van der Waals surface area contributed by atoms with Gasteiger partial charge in [0.15, 0.2) is 0 Å². The van der Waals surface area contributed by atoms with Crippen molar-refractivity contribution in [2.45, 2.75) is 51.0 Å². The van der Waals surface area contributed by atoms with Crippen LogP contribution in [0, 0.1) is 5.92 Å². The van der Waals surface area contributed by atoms with E-state index in [9.17, 15) is 4.79 Å². The molecule has 13 heavy (non-hydrogen) atoms. The molecule has 2 atom stereocenters. The highest BCUT2D eigenvalue weighted by atomic mass is 35.5. The number of hydrogen-bond acceptors (Lipinski definition) is 1. The second kappa shape index (κ2) is 4.85. The van der Waals surface area contributed by atoms with Crippen LogP contribution < -0.4 is 5.32 Å². The van der Waals surface area contributed by atoms with E-state index in [4.69, 9.17) is 0 Å². The molecule has 3 heteroatoms. The molecule has 0 aromatic carbocycles. The van der Waals surface area contributed by atoms with Crippen molar-refractivity contribution < 1.29 is 4.79 Å². The number of nitrogens with one attached hydrogen (secondary N) is 1. The predicted molar refractivity (Wildman–Crippen MR) is 55.0 cm³/mol. The standard InChI is InChI=1S/C10H17NO.ClH/c12-10-7-3-5-8-4-1-2-6-9(8)11-10;/h8-9H,1-7H2,(H,11,12);1H. The Kier molecular flexibility index (Phi) is 4.04. The number of carbonyl (C=O) groups is 1. The van der Waals surface area contributed by atoms with Gasteiger partial charge < -0.3 is 5.32 Å². The van der Waals surface area contributed by atoms with Gasteiger partial charge in [-0.15, -0.1) is 12.4 Å². The normalized spacial score (nSPS) is 33.7. The highest BCUT2D eigenvalue weighted by Crippen LogP contribution is 2.30. The minimum Gasteiger partial charge on any atom is -0.353 e. The van der Waals surface area contributed by atoms with Crippen LogP contribution in [0.3, 0.4) is 0 Å². The first kappa shape index (κ1) is 10.8. The van der Waals surface area contributed by atoms with Gasteiger partial charge in [0.25, 0.3) is 0 Å². The van der Waals surface area contributed by atoms with Gasteiger partial charge in [0.1, 0.15) is 0 Å². The van der Waals surface area contributed by atoms with Crippen molar-refractivity contribution in [2.24, 2.45) is 5.92 Å². The summed E-state index contributed by atoms with van der Waals surface area (Å²) in [6, 6.07) is 0.522. The Bertz CT molecular complexity index is 184. The number of halogens is 1. The summed E-state index contributed by atoms with van der Waals surface area (Å²) in [5.74, 6) is 1.08. The van der Waals surface area contributed by atoms with Crippen molar-refractivity contribution in [3.8, 4) is 0 Å². The first-order chi connectivity index (χ1) is 5.86. The summed E-state index contributed by atoms with van der Waals surface area (Å²) in [6.45, 7) is 0. The van der Waals surface area contributed by atoms with Gasteiger partial charge in [-0.2, -0.15) is 0 Å². The average Bonchev–Trinajstić information content (AvgIpc) is 2.25. The second-order valence-corrected chi connectivity index (χ2v) is 4.11.